The molecule has 3 nitrogen and oxygen atoms in total. The van der Waals surface area contributed by atoms with Gasteiger partial charge in [-0.05, 0) is 24.5 Å². The second-order valence-corrected chi connectivity index (χ2v) is 5.65. The zero-order chi connectivity index (χ0) is 15.0. The first-order chi connectivity index (χ1) is 9.98. The topological polar surface area (TPSA) is 41.6 Å². The molecule has 0 bridgehead atoms. The molecule has 1 unspecified atom stereocenters. The van der Waals surface area contributed by atoms with Crippen molar-refractivity contribution in [3.05, 3.63) is 35.4 Å². The summed E-state index contributed by atoms with van der Waals surface area (Å²) in [5, 5.41) is 0. The molecule has 1 aromatic rings. The Morgan fingerprint density at radius 3 is 2.48 bits per heavy atom. The quantitative estimate of drug-likeness (QED) is 0.910. The normalized spacial score (nSPS) is 23.7. The van der Waals surface area contributed by atoms with Crippen LogP contribution in [0.1, 0.15) is 42.9 Å². The number of guanidine groups is 1. The fourth-order valence-corrected chi connectivity index (χ4v) is 3.43. The molecule has 1 atom stereocenters. The largest absolute Gasteiger partial charge is 0.416 e. The Hall–Kier alpha value is -1.72. The minimum Gasteiger partial charge on any atom is -0.370 e. The minimum absolute atomic E-state index is 0.211. The summed E-state index contributed by atoms with van der Waals surface area (Å²) in [5.74, 6) is 0.379. The number of nitrogens with two attached hydrogens (primary N) is 1. The standard InChI is InChI=1S/C15H18F3N3/c16-15(17,18)12-8-4-3-7-11(12)13-9-20-14(19)21(13)10-5-1-2-6-10/h3-4,7-8,10,13H,1-2,5-6,9H2,(H2,19,20). The number of nitrogens with zero attached hydrogens (tertiary/aromatic N) is 2. The van der Waals surface area contributed by atoms with Crippen molar-refractivity contribution in [1.29, 1.82) is 0 Å². The molecular formula is C15H18F3N3. The van der Waals surface area contributed by atoms with Gasteiger partial charge in [0, 0.05) is 6.04 Å². The summed E-state index contributed by atoms with van der Waals surface area (Å²) in [6.45, 7) is 0.301. The molecule has 0 aromatic heterocycles. The Balaban J connectivity index is 1.96. The summed E-state index contributed by atoms with van der Waals surface area (Å²) >= 11 is 0. The van der Waals surface area contributed by atoms with Gasteiger partial charge >= 0.3 is 6.18 Å². The van der Waals surface area contributed by atoms with Gasteiger partial charge in [0.05, 0.1) is 18.2 Å². The Bertz CT molecular complexity index is 547. The number of aliphatic imine (C=N–C) groups is 1. The van der Waals surface area contributed by atoms with E-state index in [2.05, 4.69) is 4.99 Å². The van der Waals surface area contributed by atoms with Gasteiger partial charge < -0.3 is 10.6 Å². The Kier molecular flexibility index (Phi) is 3.55. The lowest BCUT2D eigenvalue weighted by molar-refractivity contribution is -0.138. The molecule has 2 aliphatic rings. The maximum Gasteiger partial charge on any atom is 0.416 e. The minimum atomic E-state index is -4.35. The monoisotopic (exact) mass is 297 g/mol. The predicted octanol–water partition coefficient (Wildman–Crippen LogP) is 3.32. The van der Waals surface area contributed by atoms with E-state index in [9.17, 15) is 13.2 Å². The van der Waals surface area contributed by atoms with Crippen molar-refractivity contribution < 1.29 is 13.2 Å². The van der Waals surface area contributed by atoms with Gasteiger partial charge in [-0.25, -0.2) is 0 Å². The van der Waals surface area contributed by atoms with Gasteiger partial charge in [-0.2, -0.15) is 13.2 Å². The molecule has 6 heteroatoms. The van der Waals surface area contributed by atoms with E-state index in [0.29, 0.717) is 12.5 Å². The summed E-state index contributed by atoms with van der Waals surface area (Å²) < 4.78 is 39.6. The molecule has 21 heavy (non-hydrogen) atoms. The van der Waals surface area contributed by atoms with Gasteiger partial charge in [-0.1, -0.05) is 31.0 Å². The van der Waals surface area contributed by atoms with Gasteiger partial charge in [0.25, 0.3) is 0 Å². The third kappa shape index (κ3) is 2.59. The first-order valence-electron chi connectivity index (χ1n) is 7.23. The molecule has 0 spiro atoms. The van der Waals surface area contributed by atoms with Crippen LogP contribution in [-0.2, 0) is 6.18 Å². The molecule has 1 aromatic carbocycles. The van der Waals surface area contributed by atoms with Crippen molar-refractivity contribution in [3.63, 3.8) is 0 Å². The lowest BCUT2D eigenvalue weighted by Crippen LogP contribution is -2.43. The number of rotatable bonds is 2. The third-order valence-electron chi connectivity index (χ3n) is 4.37. The SMILES string of the molecule is NC1=NCC(c2ccccc2C(F)(F)F)N1C1CCCC1. The molecule has 0 saturated heterocycles. The van der Waals surface area contributed by atoms with Crippen LogP contribution in [0.2, 0.25) is 0 Å². The van der Waals surface area contributed by atoms with Crippen molar-refractivity contribution in [2.75, 3.05) is 6.54 Å². The van der Waals surface area contributed by atoms with Crippen LogP contribution >= 0.6 is 0 Å². The van der Waals surface area contributed by atoms with Crippen molar-refractivity contribution >= 4 is 5.96 Å². The summed E-state index contributed by atoms with van der Waals surface area (Å²) in [5.41, 5.74) is 5.64. The fraction of sp³-hybridized carbons (Fsp3) is 0.533. The second-order valence-electron chi connectivity index (χ2n) is 5.65. The molecule has 1 heterocycles. The predicted molar refractivity (Wildman–Crippen MR) is 74.8 cm³/mol. The highest BCUT2D eigenvalue weighted by Crippen LogP contribution is 2.40. The molecule has 114 valence electrons. The average molecular weight is 297 g/mol. The van der Waals surface area contributed by atoms with Gasteiger partial charge in [-0.3, -0.25) is 4.99 Å². The Morgan fingerprint density at radius 2 is 1.81 bits per heavy atom. The summed E-state index contributed by atoms with van der Waals surface area (Å²) in [7, 11) is 0. The Labute approximate surface area is 121 Å². The smallest absolute Gasteiger partial charge is 0.370 e. The highest BCUT2D eigenvalue weighted by molar-refractivity contribution is 5.81. The van der Waals surface area contributed by atoms with E-state index < -0.39 is 17.8 Å². The zero-order valence-electron chi connectivity index (χ0n) is 11.6. The van der Waals surface area contributed by atoms with Crippen molar-refractivity contribution in [2.24, 2.45) is 10.7 Å². The first-order valence-corrected chi connectivity index (χ1v) is 7.23. The molecule has 1 saturated carbocycles. The van der Waals surface area contributed by atoms with E-state index >= 15 is 0 Å². The van der Waals surface area contributed by atoms with Crippen molar-refractivity contribution in [3.8, 4) is 0 Å². The maximum absolute atomic E-state index is 13.2. The van der Waals surface area contributed by atoms with Crippen LogP contribution in [-0.4, -0.2) is 23.4 Å². The van der Waals surface area contributed by atoms with Gasteiger partial charge in [0.15, 0.2) is 5.96 Å². The highest BCUT2D eigenvalue weighted by Gasteiger charge is 2.40. The molecule has 3 rings (SSSR count). The van der Waals surface area contributed by atoms with Gasteiger partial charge in [0.2, 0.25) is 0 Å². The van der Waals surface area contributed by atoms with Crippen LogP contribution in [0.4, 0.5) is 13.2 Å². The van der Waals surface area contributed by atoms with Crippen LogP contribution in [0.5, 0.6) is 0 Å². The summed E-state index contributed by atoms with van der Waals surface area (Å²) in [4.78, 5) is 6.10. The summed E-state index contributed by atoms with van der Waals surface area (Å²) in [6, 6.07) is 5.56. The van der Waals surface area contributed by atoms with E-state index in [1.807, 2.05) is 4.90 Å². The van der Waals surface area contributed by atoms with E-state index in [-0.39, 0.29) is 11.6 Å². The van der Waals surface area contributed by atoms with E-state index in [1.165, 1.54) is 6.07 Å². The molecule has 0 amide bonds. The molecule has 0 radical (unpaired) electrons. The lowest BCUT2D eigenvalue weighted by atomic mass is 9.98. The van der Waals surface area contributed by atoms with Crippen molar-refractivity contribution in [2.45, 2.75) is 43.9 Å². The third-order valence-corrected chi connectivity index (χ3v) is 4.37. The molecule has 1 aliphatic heterocycles. The van der Waals surface area contributed by atoms with Crippen LogP contribution in [0.25, 0.3) is 0 Å². The van der Waals surface area contributed by atoms with Crippen LogP contribution in [0.15, 0.2) is 29.3 Å². The number of hydrogen-bond acceptors (Lipinski definition) is 3. The van der Waals surface area contributed by atoms with Crippen LogP contribution in [0.3, 0.4) is 0 Å². The number of hydrogen-bond donors (Lipinski definition) is 1. The molecular weight excluding hydrogens is 279 g/mol. The number of alkyl halides is 3. The second kappa shape index (κ2) is 5.24. The van der Waals surface area contributed by atoms with Crippen LogP contribution < -0.4 is 5.73 Å². The number of halogens is 3. The van der Waals surface area contributed by atoms with Gasteiger partial charge in [0.1, 0.15) is 0 Å². The van der Waals surface area contributed by atoms with Gasteiger partial charge in [-0.15, -0.1) is 0 Å². The number of benzene rings is 1. The highest BCUT2D eigenvalue weighted by atomic mass is 19.4. The molecule has 1 aliphatic carbocycles. The van der Waals surface area contributed by atoms with Crippen LogP contribution in [0, 0.1) is 0 Å². The zero-order valence-corrected chi connectivity index (χ0v) is 11.6. The van der Waals surface area contributed by atoms with E-state index in [1.54, 1.807) is 12.1 Å². The Morgan fingerprint density at radius 1 is 1.14 bits per heavy atom. The van der Waals surface area contributed by atoms with Crippen molar-refractivity contribution in [1.82, 2.24) is 4.90 Å². The fourth-order valence-electron chi connectivity index (χ4n) is 3.43. The maximum atomic E-state index is 13.2. The van der Waals surface area contributed by atoms with E-state index in [4.69, 9.17) is 5.73 Å². The molecule has 1 fully saturated rings. The molecule has 2 N–H and O–H groups in total. The summed E-state index contributed by atoms with van der Waals surface area (Å²) in [6.07, 6.45) is -0.207. The van der Waals surface area contributed by atoms with E-state index in [0.717, 1.165) is 31.7 Å². The first kappa shape index (κ1) is 14.2. The average Bonchev–Trinajstić information content (AvgIpc) is 3.06. The lowest BCUT2D eigenvalue weighted by Gasteiger charge is -2.33.